The lowest BCUT2D eigenvalue weighted by molar-refractivity contribution is 0.452. The van der Waals surface area contributed by atoms with Crippen molar-refractivity contribution in [2.45, 2.75) is 31.2 Å². The minimum atomic E-state index is 0.480. The third kappa shape index (κ3) is 3.54. The van der Waals surface area contributed by atoms with Gasteiger partial charge in [-0.2, -0.15) is 0 Å². The van der Waals surface area contributed by atoms with Gasteiger partial charge in [0.1, 0.15) is 0 Å². The van der Waals surface area contributed by atoms with Crippen LogP contribution < -0.4 is 5.32 Å². The molecule has 0 saturated heterocycles. The van der Waals surface area contributed by atoms with Crippen LogP contribution in [0.15, 0.2) is 29.2 Å². The average Bonchev–Trinajstić information content (AvgIpc) is 2.25. The number of benzene rings is 1. The third-order valence-corrected chi connectivity index (χ3v) is 3.38. The van der Waals surface area contributed by atoms with Gasteiger partial charge in [-0.25, -0.2) is 0 Å². The maximum Gasteiger partial charge on any atom is 0.0331 e. The van der Waals surface area contributed by atoms with Gasteiger partial charge in [0.05, 0.1) is 0 Å². The fraction of sp³-hybridized carbons (Fsp3) is 0.538. The molecule has 0 spiro atoms. The molecular weight excluding hydrogens is 202 g/mol. The highest BCUT2D eigenvalue weighted by Gasteiger charge is 2.13. The monoisotopic (exact) mass is 223 g/mol. The first-order chi connectivity index (χ1) is 7.19. The van der Waals surface area contributed by atoms with Crippen LogP contribution in [0.5, 0.6) is 0 Å². The summed E-state index contributed by atoms with van der Waals surface area (Å²) in [6.07, 6.45) is 3.33. The van der Waals surface area contributed by atoms with Crippen LogP contribution in [0.1, 0.15) is 31.9 Å². The molecule has 1 N–H and O–H groups in total. The normalized spacial score (nSPS) is 13.1. The molecule has 1 aromatic carbocycles. The average molecular weight is 223 g/mol. The van der Waals surface area contributed by atoms with E-state index in [-0.39, 0.29) is 0 Å². The molecule has 0 aromatic heterocycles. The second-order valence-corrected chi connectivity index (χ2v) is 5.06. The molecule has 15 heavy (non-hydrogen) atoms. The van der Waals surface area contributed by atoms with E-state index in [1.54, 1.807) is 0 Å². The SMILES string of the molecule is CNC(CC(C)C)c1ccccc1SC. The lowest BCUT2D eigenvalue weighted by Crippen LogP contribution is -2.18. The number of hydrogen-bond donors (Lipinski definition) is 1. The van der Waals surface area contributed by atoms with E-state index in [2.05, 4.69) is 49.7 Å². The lowest BCUT2D eigenvalue weighted by atomic mass is 9.97. The zero-order valence-corrected chi connectivity index (χ0v) is 10.9. The van der Waals surface area contributed by atoms with Crippen LogP contribution in [0.25, 0.3) is 0 Å². The van der Waals surface area contributed by atoms with Crippen molar-refractivity contribution >= 4 is 11.8 Å². The Balaban J connectivity index is 2.90. The highest BCUT2D eigenvalue weighted by Crippen LogP contribution is 2.29. The first-order valence-corrected chi connectivity index (χ1v) is 6.71. The Kier molecular flexibility index (Phi) is 5.20. The molecule has 0 amide bonds. The second kappa shape index (κ2) is 6.19. The molecule has 0 aliphatic heterocycles. The third-order valence-electron chi connectivity index (χ3n) is 2.57. The number of thioether (sulfide) groups is 1. The number of nitrogens with one attached hydrogen (secondary N) is 1. The van der Waals surface area contributed by atoms with Crippen LogP contribution in [0, 0.1) is 5.92 Å². The predicted octanol–water partition coefficient (Wildman–Crippen LogP) is 3.72. The zero-order valence-electron chi connectivity index (χ0n) is 10.1. The number of rotatable bonds is 5. The van der Waals surface area contributed by atoms with Gasteiger partial charge in [-0.3, -0.25) is 0 Å². The summed E-state index contributed by atoms with van der Waals surface area (Å²) in [5.74, 6) is 0.720. The maximum atomic E-state index is 3.41. The van der Waals surface area contributed by atoms with Crippen LogP contribution in [0.3, 0.4) is 0 Å². The molecule has 0 saturated carbocycles. The van der Waals surface area contributed by atoms with Gasteiger partial charge in [0.15, 0.2) is 0 Å². The van der Waals surface area contributed by atoms with Crippen LogP contribution in [-0.4, -0.2) is 13.3 Å². The van der Waals surface area contributed by atoms with Gasteiger partial charge in [0.2, 0.25) is 0 Å². The van der Waals surface area contributed by atoms with E-state index in [0.717, 1.165) is 5.92 Å². The summed E-state index contributed by atoms with van der Waals surface area (Å²) in [4.78, 5) is 1.39. The molecule has 0 aliphatic rings. The summed E-state index contributed by atoms with van der Waals surface area (Å²) < 4.78 is 0. The van der Waals surface area contributed by atoms with Crippen molar-refractivity contribution in [3.8, 4) is 0 Å². The van der Waals surface area contributed by atoms with Gasteiger partial charge in [0.25, 0.3) is 0 Å². The lowest BCUT2D eigenvalue weighted by Gasteiger charge is -2.21. The van der Waals surface area contributed by atoms with Gasteiger partial charge < -0.3 is 5.32 Å². The Hall–Kier alpha value is -0.470. The van der Waals surface area contributed by atoms with E-state index < -0.39 is 0 Å². The van der Waals surface area contributed by atoms with Crippen molar-refractivity contribution in [1.82, 2.24) is 5.32 Å². The molecule has 0 aliphatic carbocycles. The molecule has 1 nitrogen and oxygen atoms in total. The molecule has 0 bridgehead atoms. The van der Waals surface area contributed by atoms with E-state index in [1.165, 1.54) is 16.9 Å². The minimum absolute atomic E-state index is 0.480. The molecule has 0 heterocycles. The molecular formula is C13H21NS. The van der Waals surface area contributed by atoms with Crippen molar-refractivity contribution < 1.29 is 0 Å². The van der Waals surface area contributed by atoms with E-state index in [4.69, 9.17) is 0 Å². The Bertz CT molecular complexity index is 296. The zero-order chi connectivity index (χ0) is 11.3. The largest absolute Gasteiger partial charge is 0.313 e. The highest BCUT2D eigenvalue weighted by molar-refractivity contribution is 7.98. The smallest absolute Gasteiger partial charge is 0.0331 e. The standard InChI is InChI=1S/C13H21NS/c1-10(2)9-12(14-3)11-7-5-6-8-13(11)15-4/h5-8,10,12,14H,9H2,1-4H3. The Morgan fingerprint density at radius 2 is 1.93 bits per heavy atom. The number of hydrogen-bond acceptors (Lipinski definition) is 2. The minimum Gasteiger partial charge on any atom is -0.313 e. The van der Waals surface area contributed by atoms with Gasteiger partial charge >= 0.3 is 0 Å². The van der Waals surface area contributed by atoms with Crippen molar-refractivity contribution in [2.24, 2.45) is 5.92 Å². The van der Waals surface area contributed by atoms with E-state index >= 15 is 0 Å². The molecule has 1 atom stereocenters. The predicted molar refractivity (Wildman–Crippen MR) is 69.5 cm³/mol. The first kappa shape index (κ1) is 12.6. The molecule has 1 unspecified atom stereocenters. The molecule has 0 fully saturated rings. The van der Waals surface area contributed by atoms with Gasteiger partial charge in [-0.1, -0.05) is 32.0 Å². The fourth-order valence-electron chi connectivity index (χ4n) is 1.83. The second-order valence-electron chi connectivity index (χ2n) is 4.21. The van der Waals surface area contributed by atoms with Crippen molar-refractivity contribution in [2.75, 3.05) is 13.3 Å². The van der Waals surface area contributed by atoms with Crippen molar-refractivity contribution in [3.05, 3.63) is 29.8 Å². The van der Waals surface area contributed by atoms with E-state index in [1.807, 2.05) is 18.8 Å². The first-order valence-electron chi connectivity index (χ1n) is 5.49. The quantitative estimate of drug-likeness (QED) is 0.764. The summed E-state index contributed by atoms with van der Waals surface area (Å²) in [6, 6.07) is 9.14. The van der Waals surface area contributed by atoms with Crippen molar-refractivity contribution in [1.29, 1.82) is 0 Å². The Morgan fingerprint density at radius 3 is 2.47 bits per heavy atom. The van der Waals surface area contributed by atoms with Gasteiger partial charge in [0, 0.05) is 10.9 Å². The fourth-order valence-corrected chi connectivity index (χ4v) is 2.49. The summed E-state index contributed by atoms with van der Waals surface area (Å²) in [5, 5.41) is 3.41. The maximum absolute atomic E-state index is 3.41. The van der Waals surface area contributed by atoms with E-state index in [0.29, 0.717) is 6.04 Å². The topological polar surface area (TPSA) is 12.0 Å². The van der Waals surface area contributed by atoms with Crippen LogP contribution in [-0.2, 0) is 0 Å². The van der Waals surface area contributed by atoms with Gasteiger partial charge in [-0.15, -0.1) is 11.8 Å². The Morgan fingerprint density at radius 1 is 1.27 bits per heavy atom. The summed E-state index contributed by atoms with van der Waals surface area (Å²) in [6.45, 7) is 4.54. The Labute approximate surface area is 97.7 Å². The van der Waals surface area contributed by atoms with E-state index in [9.17, 15) is 0 Å². The summed E-state index contributed by atoms with van der Waals surface area (Å²) in [7, 11) is 2.05. The van der Waals surface area contributed by atoms with Crippen LogP contribution in [0.4, 0.5) is 0 Å². The molecule has 84 valence electrons. The van der Waals surface area contributed by atoms with Gasteiger partial charge in [-0.05, 0) is 37.3 Å². The molecule has 1 aromatic rings. The highest BCUT2D eigenvalue weighted by atomic mass is 32.2. The van der Waals surface area contributed by atoms with Crippen LogP contribution >= 0.6 is 11.8 Å². The van der Waals surface area contributed by atoms with Crippen LogP contribution in [0.2, 0.25) is 0 Å². The molecule has 2 heteroatoms. The van der Waals surface area contributed by atoms with Crippen molar-refractivity contribution in [3.63, 3.8) is 0 Å². The molecule has 0 radical (unpaired) electrons. The summed E-state index contributed by atoms with van der Waals surface area (Å²) >= 11 is 1.83. The molecule has 1 rings (SSSR count). The summed E-state index contributed by atoms with van der Waals surface area (Å²) in [5.41, 5.74) is 1.43.